The zero-order chi connectivity index (χ0) is 51.2. The lowest BCUT2D eigenvalue weighted by Gasteiger charge is -2.31. The Morgan fingerprint density at radius 1 is 0.468 bits per heavy atom. The molecule has 0 bridgehead atoms. The summed E-state index contributed by atoms with van der Waals surface area (Å²) in [6, 6.07) is 72.5. The summed E-state index contributed by atoms with van der Waals surface area (Å²) in [7, 11) is 0. The third-order valence-corrected chi connectivity index (χ3v) is 16.6. The van der Waals surface area contributed by atoms with Gasteiger partial charge in [-0.1, -0.05) is 195 Å². The summed E-state index contributed by atoms with van der Waals surface area (Å²) in [6.45, 7) is 2.32. The first-order valence-corrected chi connectivity index (χ1v) is 27.5. The van der Waals surface area contributed by atoms with E-state index in [1.165, 1.54) is 78.0 Å². The summed E-state index contributed by atoms with van der Waals surface area (Å²) in [5.41, 5.74) is 19.5. The molecule has 5 atom stereocenters. The van der Waals surface area contributed by atoms with Crippen LogP contribution in [0.25, 0.3) is 44.1 Å². The van der Waals surface area contributed by atoms with Crippen molar-refractivity contribution >= 4 is 55.9 Å². The Morgan fingerprint density at radius 2 is 1.05 bits per heavy atom. The standard InChI is InChI=1S/C73H60N4/c1-51-17-11-14-26-69(51)77-71-28-16-13-25-66(71)68-50-64(46-48-73(68)77)75(60-39-31-55(32-40-60)53-20-7-3-8-21-53)62-43-35-57(36-44-62)56-33-41-61(42-34-56)74(59-37-29-54(30-38-59)52-18-5-2-6-19-52)63-45-47-72-67(49-63)65-24-12-15-27-70(65)76(72)58-22-9-4-10-23-58/h2-9,11-22,24-29,31-51,54,65,69-70H,10,23,30H2,1H3. The lowest BCUT2D eigenvalue weighted by molar-refractivity contribution is 0.510. The van der Waals surface area contributed by atoms with Crippen molar-refractivity contribution in [1.29, 1.82) is 0 Å². The Hall–Kier alpha value is -9.12. The van der Waals surface area contributed by atoms with Crippen molar-refractivity contribution in [3.63, 3.8) is 0 Å². The molecule has 0 N–H and O–H groups in total. The van der Waals surface area contributed by atoms with Crippen molar-refractivity contribution in [2.24, 2.45) is 5.92 Å². The van der Waals surface area contributed by atoms with E-state index in [4.69, 9.17) is 0 Å². The van der Waals surface area contributed by atoms with E-state index in [0.717, 1.165) is 42.0 Å². The molecule has 14 rings (SSSR count). The maximum Gasteiger partial charge on any atom is 0.0626 e. The second-order valence-electron chi connectivity index (χ2n) is 21.2. The predicted octanol–water partition coefficient (Wildman–Crippen LogP) is 19.3. The molecule has 1 aliphatic heterocycles. The fourth-order valence-electron chi connectivity index (χ4n) is 12.7. The molecule has 5 unspecified atom stereocenters. The van der Waals surface area contributed by atoms with Gasteiger partial charge in [0, 0.05) is 79.2 Å². The van der Waals surface area contributed by atoms with E-state index in [1.54, 1.807) is 0 Å². The molecule has 4 aliphatic carbocycles. The molecule has 4 heteroatoms. The second kappa shape index (κ2) is 19.9. The summed E-state index contributed by atoms with van der Waals surface area (Å²) >= 11 is 0. The van der Waals surface area contributed by atoms with E-state index >= 15 is 0 Å². The molecule has 0 fully saturated rings. The van der Waals surface area contributed by atoms with Crippen molar-refractivity contribution in [2.75, 3.05) is 14.7 Å². The van der Waals surface area contributed by atoms with Gasteiger partial charge < -0.3 is 19.3 Å². The Bertz CT molecular complexity index is 3920. The molecule has 0 spiro atoms. The van der Waals surface area contributed by atoms with E-state index in [0.29, 0.717) is 11.8 Å². The number of allylic oxidation sites excluding steroid dienone is 13. The average Bonchev–Trinajstić information content (AvgIpc) is 4.11. The van der Waals surface area contributed by atoms with E-state index in [9.17, 15) is 0 Å². The number of rotatable bonds is 11. The van der Waals surface area contributed by atoms with Crippen molar-refractivity contribution < 1.29 is 0 Å². The van der Waals surface area contributed by atoms with Gasteiger partial charge in [0.15, 0.2) is 0 Å². The first-order chi connectivity index (χ1) is 38.1. The van der Waals surface area contributed by atoms with Gasteiger partial charge in [0.25, 0.3) is 0 Å². The zero-order valence-corrected chi connectivity index (χ0v) is 43.4. The number of anilines is 6. The number of fused-ring (bicyclic) bond motifs is 6. The van der Waals surface area contributed by atoms with Crippen LogP contribution in [0.1, 0.15) is 55.2 Å². The summed E-state index contributed by atoms with van der Waals surface area (Å²) in [5.74, 6) is 1.01. The smallest absolute Gasteiger partial charge is 0.0626 e. The largest absolute Gasteiger partial charge is 0.337 e. The summed E-state index contributed by atoms with van der Waals surface area (Å²) in [6.07, 6.45) is 35.3. The SMILES string of the molecule is CC1C=CC=CC1n1c2ccccc2c2cc(N(c3ccc(-c4ccccc4)cc3)c3ccc(-c4ccc(N(C5=CCC(c6ccccc6)C=C5)c5ccc6c(c5)C5C=CC=CC5N6C5=CC=CCC5)cc4)cc3)ccc21. The van der Waals surface area contributed by atoms with Crippen molar-refractivity contribution in [1.82, 2.24) is 4.57 Å². The molecule has 0 saturated carbocycles. The second-order valence-corrected chi connectivity index (χ2v) is 21.2. The van der Waals surface area contributed by atoms with Crippen LogP contribution in [0.5, 0.6) is 0 Å². The van der Waals surface area contributed by atoms with Gasteiger partial charge in [-0.3, -0.25) is 0 Å². The minimum absolute atomic E-state index is 0.237. The Balaban J connectivity index is 0.817. The normalized spacial score (nSPS) is 20.1. The van der Waals surface area contributed by atoms with E-state index in [-0.39, 0.29) is 18.0 Å². The van der Waals surface area contributed by atoms with Crippen LogP contribution in [0.3, 0.4) is 0 Å². The predicted molar refractivity (Wildman–Crippen MR) is 325 cm³/mol. The lowest BCUT2D eigenvalue weighted by atomic mass is 9.90. The minimum atomic E-state index is 0.237. The van der Waals surface area contributed by atoms with Crippen LogP contribution in [0, 0.1) is 5.92 Å². The molecule has 9 aromatic rings. The third kappa shape index (κ3) is 8.51. The summed E-state index contributed by atoms with van der Waals surface area (Å²) in [5, 5.41) is 2.52. The highest BCUT2D eigenvalue weighted by molar-refractivity contribution is 6.10. The van der Waals surface area contributed by atoms with E-state index in [2.05, 4.69) is 305 Å². The first-order valence-electron chi connectivity index (χ1n) is 27.5. The van der Waals surface area contributed by atoms with Gasteiger partial charge in [-0.2, -0.15) is 0 Å². The maximum atomic E-state index is 2.59. The van der Waals surface area contributed by atoms with Crippen LogP contribution in [-0.4, -0.2) is 10.6 Å². The van der Waals surface area contributed by atoms with Crippen molar-refractivity contribution in [2.45, 2.75) is 50.1 Å². The first kappa shape index (κ1) is 46.4. The van der Waals surface area contributed by atoms with Gasteiger partial charge in [-0.25, -0.2) is 0 Å². The molecular weight excluding hydrogens is 933 g/mol. The number of benzene rings is 8. The molecule has 2 heterocycles. The Kier molecular flexibility index (Phi) is 12.0. The molecule has 372 valence electrons. The quantitative estimate of drug-likeness (QED) is 0.128. The monoisotopic (exact) mass is 992 g/mol. The topological polar surface area (TPSA) is 14.7 Å². The summed E-state index contributed by atoms with van der Waals surface area (Å²) in [4.78, 5) is 7.47. The summed E-state index contributed by atoms with van der Waals surface area (Å²) < 4.78 is 2.54. The van der Waals surface area contributed by atoms with Crippen molar-refractivity contribution in [3.05, 3.63) is 302 Å². The average molecular weight is 993 g/mol. The molecule has 5 aliphatic rings. The van der Waals surface area contributed by atoms with Gasteiger partial charge in [0.05, 0.1) is 12.1 Å². The highest BCUT2D eigenvalue weighted by Crippen LogP contribution is 2.50. The van der Waals surface area contributed by atoms with Crippen LogP contribution in [0.4, 0.5) is 34.1 Å². The van der Waals surface area contributed by atoms with E-state index < -0.39 is 0 Å². The third-order valence-electron chi connectivity index (χ3n) is 16.6. The van der Waals surface area contributed by atoms with Crippen LogP contribution >= 0.6 is 0 Å². The molecule has 8 aromatic carbocycles. The van der Waals surface area contributed by atoms with Crippen LogP contribution in [0.2, 0.25) is 0 Å². The molecule has 1 aromatic heterocycles. The fraction of sp³-hybridized carbons (Fsp3) is 0.123. The lowest BCUT2D eigenvalue weighted by Crippen LogP contribution is -2.32. The number of nitrogens with zero attached hydrogens (tertiary/aromatic N) is 4. The Morgan fingerprint density at radius 3 is 1.73 bits per heavy atom. The highest BCUT2D eigenvalue weighted by Gasteiger charge is 2.39. The zero-order valence-electron chi connectivity index (χ0n) is 43.4. The fourth-order valence-corrected chi connectivity index (χ4v) is 12.7. The number of para-hydroxylation sites is 1. The van der Waals surface area contributed by atoms with Crippen LogP contribution in [-0.2, 0) is 0 Å². The minimum Gasteiger partial charge on any atom is -0.337 e. The van der Waals surface area contributed by atoms with Gasteiger partial charge in [-0.15, -0.1) is 0 Å². The molecular formula is C73H60N4. The van der Waals surface area contributed by atoms with Gasteiger partial charge in [0.1, 0.15) is 0 Å². The highest BCUT2D eigenvalue weighted by atomic mass is 15.2. The van der Waals surface area contributed by atoms with Crippen molar-refractivity contribution in [3.8, 4) is 22.3 Å². The molecule has 0 amide bonds. The van der Waals surface area contributed by atoms with Gasteiger partial charge in [0.2, 0.25) is 0 Å². The maximum absolute atomic E-state index is 2.59. The van der Waals surface area contributed by atoms with E-state index in [1.807, 2.05) is 0 Å². The van der Waals surface area contributed by atoms with Gasteiger partial charge in [-0.05, 0) is 150 Å². The number of aromatic nitrogens is 1. The number of hydrogen-bond acceptors (Lipinski definition) is 3. The molecule has 77 heavy (non-hydrogen) atoms. The molecule has 0 radical (unpaired) electrons. The van der Waals surface area contributed by atoms with Crippen LogP contribution < -0.4 is 14.7 Å². The molecule has 0 saturated heterocycles. The molecule has 4 nitrogen and oxygen atoms in total. The van der Waals surface area contributed by atoms with Gasteiger partial charge >= 0.3 is 0 Å². The van der Waals surface area contributed by atoms with Crippen LogP contribution in [0.15, 0.2) is 291 Å². The number of hydrogen-bond donors (Lipinski definition) is 0. The Labute approximate surface area is 452 Å².